The molecule has 150 valence electrons. The predicted octanol–water partition coefficient (Wildman–Crippen LogP) is 3.49. The molecule has 1 N–H and O–H groups in total. The van der Waals surface area contributed by atoms with Crippen LogP contribution in [-0.4, -0.2) is 27.0 Å². The van der Waals surface area contributed by atoms with E-state index in [0.717, 1.165) is 16.8 Å². The normalized spacial score (nSPS) is 11.2. The third-order valence-corrected chi connectivity index (χ3v) is 3.78. The lowest BCUT2D eigenvalue weighted by molar-refractivity contribution is -0.274. The third kappa shape index (κ3) is 5.79. The van der Waals surface area contributed by atoms with Crippen molar-refractivity contribution in [2.75, 3.05) is 5.32 Å². The number of nitrogens with one attached hydrogen (secondary N) is 1. The van der Waals surface area contributed by atoms with E-state index >= 15 is 0 Å². The van der Waals surface area contributed by atoms with Gasteiger partial charge in [-0.2, -0.15) is 5.10 Å². The molecule has 0 saturated carbocycles. The lowest BCUT2D eigenvalue weighted by Gasteiger charge is -2.10. The maximum absolute atomic E-state index is 12.4. The van der Waals surface area contributed by atoms with Crippen LogP contribution in [-0.2, 0) is 6.54 Å². The highest BCUT2D eigenvalue weighted by Crippen LogP contribution is 2.24. The van der Waals surface area contributed by atoms with Gasteiger partial charge < -0.3 is 10.1 Å². The average Bonchev–Trinajstić information content (AvgIpc) is 2.64. The third-order valence-electron chi connectivity index (χ3n) is 3.57. The molecule has 0 aliphatic carbocycles. The van der Waals surface area contributed by atoms with Gasteiger partial charge in [-0.25, -0.2) is 9.67 Å². The molecule has 0 bridgehead atoms. The zero-order chi connectivity index (χ0) is 21.0. The number of hydrogen-bond acceptors (Lipinski definition) is 5. The van der Waals surface area contributed by atoms with E-state index in [-0.39, 0.29) is 23.1 Å². The van der Waals surface area contributed by atoms with Crippen molar-refractivity contribution in [3.8, 4) is 5.75 Å². The molecule has 29 heavy (non-hydrogen) atoms. The summed E-state index contributed by atoms with van der Waals surface area (Å²) < 4.78 is 41.4. The van der Waals surface area contributed by atoms with Crippen LogP contribution in [0.15, 0.2) is 59.5 Å². The lowest BCUT2D eigenvalue weighted by atomic mass is 10.2. The van der Waals surface area contributed by atoms with Gasteiger partial charge in [0.25, 0.3) is 11.5 Å². The number of carbonyl (C=O) groups is 1. The number of carbonyl (C=O) groups excluding carboxylic acids is 1. The predicted molar refractivity (Wildman–Crippen MR) is 97.9 cm³/mol. The fraction of sp³-hybridized carbons (Fsp3) is 0.111. The Bertz CT molecular complexity index is 1080. The fourth-order valence-corrected chi connectivity index (χ4v) is 2.53. The lowest BCUT2D eigenvalue weighted by Crippen LogP contribution is -2.26. The van der Waals surface area contributed by atoms with Gasteiger partial charge in [0.1, 0.15) is 16.6 Å². The Morgan fingerprint density at radius 2 is 1.86 bits per heavy atom. The Kier molecular flexibility index (Phi) is 5.83. The van der Waals surface area contributed by atoms with Crippen molar-refractivity contribution >= 4 is 23.2 Å². The number of benzene rings is 1. The first-order valence-electron chi connectivity index (χ1n) is 8.05. The summed E-state index contributed by atoms with van der Waals surface area (Å²) in [5, 5.41) is 6.75. The van der Waals surface area contributed by atoms with Crippen LogP contribution < -0.4 is 15.6 Å². The van der Waals surface area contributed by atoms with Crippen molar-refractivity contribution in [1.29, 1.82) is 0 Å². The Morgan fingerprint density at radius 3 is 2.52 bits per heavy atom. The van der Waals surface area contributed by atoms with Crippen molar-refractivity contribution in [2.24, 2.45) is 0 Å². The summed E-state index contributed by atoms with van der Waals surface area (Å²) in [5.41, 5.74) is 0.408. The molecule has 3 rings (SSSR count). The summed E-state index contributed by atoms with van der Waals surface area (Å²) in [7, 11) is 0. The number of nitrogens with zero attached hydrogens (tertiary/aromatic N) is 3. The van der Waals surface area contributed by atoms with E-state index in [9.17, 15) is 22.8 Å². The van der Waals surface area contributed by atoms with Crippen molar-refractivity contribution in [3.63, 3.8) is 0 Å². The van der Waals surface area contributed by atoms with Gasteiger partial charge >= 0.3 is 6.36 Å². The minimum atomic E-state index is -4.80. The van der Waals surface area contributed by atoms with Gasteiger partial charge in [-0.1, -0.05) is 11.6 Å². The summed E-state index contributed by atoms with van der Waals surface area (Å²) >= 11 is 5.82. The van der Waals surface area contributed by atoms with E-state index in [0.29, 0.717) is 5.56 Å². The largest absolute Gasteiger partial charge is 0.573 e. The molecule has 0 radical (unpaired) electrons. The second kappa shape index (κ2) is 8.31. The molecule has 0 spiro atoms. The Labute approximate surface area is 166 Å². The SMILES string of the molecule is O=C(Nc1ccc(OC(F)(F)F)cc1)c1ccc(=O)n(Cc2ccnc(Cl)c2)n1. The summed E-state index contributed by atoms with van der Waals surface area (Å²) in [4.78, 5) is 28.2. The van der Waals surface area contributed by atoms with E-state index in [2.05, 4.69) is 20.1 Å². The zero-order valence-electron chi connectivity index (χ0n) is 14.5. The van der Waals surface area contributed by atoms with Gasteiger partial charge in [-0.15, -0.1) is 13.2 Å². The number of pyridine rings is 1. The van der Waals surface area contributed by atoms with Crippen LogP contribution >= 0.6 is 11.6 Å². The number of aromatic nitrogens is 3. The van der Waals surface area contributed by atoms with E-state index in [1.807, 2.05) is 0 Å². The molecule has 0 aliphatic rings. The van der Waals surface area contributed by atoms with Crippen molar-refractivity contribution in [3.05, 3.63) is 81.5 Å². The van der Waals surface area contributed by atoms with Crippen LogP contribution in [0, 0.1) is 0 Å². The number of ether oxygens (including phenoxy) is 1. The summed E-state index contributed by atoms with van der Waals surface area (Å²) in [6.07, 6.45) is -3.33. The van der Waals surface area contributed by atoms with E-state index in [4.69, 9.17) is 11.6 Å². The highest BCUT2D eigenvalue weighted by molar-refractivity contribution is 6.29. The molecule has 3 aromatic rings. The molecule has 0 atom stereocenters. The first-order chi connectivity index (χ1) is 13.7. The number of hydrogen-bond donors (Lipinski definition) is 1. The molecule has 7 nitrogen and oxygen atoms in total. The van der Waals surface area contributed by atoms with E-state index in [1.165, 1.54) is 30.5 Å². The van der Waals surface area contributed by atoms with Crippen molar-refractivity contribution in [2.45, 2.75) is 12.9 Å². The van der Waals surface area contributed by atoms with Gasteiger partial charge in [-0.3, -0.25) is 9.59 Å². The van der Waals surface area contributed by atoms with Gasteiger partial charge in [0.2, 0.25) is 0 Å². The van der Waals surface area contributed by atoms with Crippen LogP contribution in [0.3, 0.4) is 0 Å². The van der Waals surface area contributed by atoms with Gasteiger partial charge in [0.15, 0.2) is 0 Å². The van der Waals surface area contributed by atoms with Crippen LogP contribution in [0.5, 0.6) is 5.75 Å². The molecule has 0 aliphatic heterocycles. The monoisotopic (exact) mass is 424 g/mol. The van der Waals surface area contributed by atoms with Gasteiger partial charge in [0, 0.05) is 18.0 Å². The summed E-state index contributed by atoms with van der Waals surface area (Å²) in [6, 6.07) is 10.3. The minimum absolute atomic E-state index is 0.0552. The quantitative estimate of drug-likeness (QED) is 0.634. The van der Waals surface area contributed by atoms with Crippen molar-refractivity contribution < 1.29 is 22.7 Å². The van der Waals surface area contributed by atoms with Crippen LogP contribution in [0.25, 0.3) is 0 Å². The molecule has 0 fully saturated rings. The molecule has 1 amide bonds. The number of alkyl halides is 3. The molecular formula is C18H12ClF3N4O3. The number of amides is 1. The molecule has 2 heterocycles. The Morgan fingerprint density at radius 1 is 1.14 bits per heavy atom. The van der Waals surface area contributed by atoms with Gasteiger partial charge in [-0.05, 0) is 48.0 Å². The first-order valence-corrected chi connectivity index (χ1v) is 8.43. The smallest absolute Gasteiger partial charge is 0.406 e. The second-order valence-electron chi connectivity index (χ2n) is 5.73. The molecule has 1 aromatic carbocycles. The van der Waals surface area contributed by atoms with Crippen LogP contribution in [0.1, 0.15) is 16.1 Å². The molecular weight excluding hydrogens is 413 g/mol. The average molecular weight is 425 g/mol. The molecule has 2 aromatic heterocycles. The first kappa shape index (κ1) is 20.3. The van der Waals surface area contributed by atoms with Crippen LogP contribution in [0.2, 0.25) is 5.15 Å². The topological polar surface area (TPSA) is 86.1 Å². The minimum Gasteiger partial charge on any atom is -0.406 e. The molecule has 0 saturated heterocycles. The summed E-state index contributed by atoms with van der Waals surface area (Å²) in [5.74, 6) is -1.06. The van der Waals surface area contributed by atoms with Crippen LogP contribution in [0.4, 0.5) is 18.9 Å². The van der Waals surface area contributed by atoms with Crippen molar-refractivity contribution in [1.82, 2.24) is 14.8 Å². The zero-order valence-corrected chi connectivity index (χ0v) is 15.2. The second-order valence-corrected chi connectivity index (χ2v) is 6.11. The highest BCUT2D eigenvalue weighted by atomic mass is 35.5. The van der Waals surface area contributed by atoms with Gasteiger partial charge in [0.05, 0.1) is 6.54 Å². The molecule has 0 unspecified atom stereocenters. The van der Waals surface area contributed by atoms with E-state index < -0.39 is 23.6 Å². The summed E-state index contributed by atoms with van der Waals surface area (Å²) in [6.45, 7) is 0.0751. The Hall–Kier alpha value is -3.40. The number of rotatable bonds is 5. The fourth-order valence-electron chi connectivity index (χ4n) is 2.33. The standard InChI is InChI=1S/C18H12ClF3N4O3/c19-15-9-11(7-8-23-15)10-26-16(27)6-5-14(25-26)17(28)24-12-1-3-13(4-2-12)29-18(20,21)22/h1-9H,10H2,(H,24,28). The molecule has 11 heteroatoms. The van der Waals surface area contributed by atoms with E-state index in [1.54, 1.807) is 12.1 Å². The maximum atomic E-state index is 12.4. The number of anilines is 1. The number of halogens is 4. The highest BCUT2D eigenvalue weighted by Gasteiger charge is 2.31. The Balaban J connectivity index is 1.73. The maximum Gasteiger partial charge on any atom is 0.573 e.